The summed E-state index contributed by atoms with van der Waals surface area (Å²) in [6.07, 6.45) is -4.44. The molecular formula is C30H27F3N6O3. The zero-order valence-corrected chi connectivity index (χ0v) is 23.1. The van der Waals surface area contributed by atoms with Gasteiger partial charge in [0.1, 0.15) is 11.4 Å². The molecule has 42 heavy (non-hydrogen) atoms. The normalized spacial score (nSPS) is 17.9. The fourth-order valence-electron chi connectivity index (χ4n) is 5.89. The Bertz CT molecular complexity index is 1820. The first-order valence-corrected chi connectivity index (χ1v) is 13.4. The Morgan fingerprint density at radius 3 is 2.48 bits per heavy atom. The molecule has 2 atom stereocenters. The third kappa shape index (κ3) is 4.27. The van der Waals surface area contributed by atoms with Crippen molar-refractivity contribution in [2.45, 2.75) is 57.4 Å². The van der Waals surface area contributed by atoms with Crippen LogP contribution in [0.3, 0.4) is 0 Å². The molecule has 216 valence electrons. The summed E-state index contributed by atoms with van der Waals surface area (Å²) in [6, 6.07) is 14.6. The molecule has 12 heteroatoms. The number of amides is 1. The number of hydrogen-bond acceptors (Lipinski definition) is 5. The summed E-state index contributed by atoms with van der Waals surface area (Å²) in [5, 5.41) is 25.1. The lowest BCUT2D eigenvalue weighted by Crippen LogP contribution is -2.38. The van der Waals surface area contributed by atoms with Gasteiger partial charge in [0.25, 0.3) is 5.91 Å². The van der Waals surface area contributed by atoms with Crippen molar-refractivity contribution >= 4 is 5.91 Å². The van der Waals surface area contributed by atoms with Gasteiger partial charge in [0.05, 0.1) is 47.2 Å². The molecule has 2 bridgehead atoms. The van der Waals surface area contributed by atoms with Crippen LogP contribution in [-0.4, -0.2) is 41.4 Å². The number of rotatable bonds is 4. The Balaban J connectivity index is 1.39. The molecule has 2 aromatic carbocycles. The van der Waals surface area contributed by atoms with Gasteiger partial charge in [-0.2, -0.15) is 23.5 Å². The van der Waals surface area contributed by atoms with E-state index in [1.165, 1.54) is 16.7 Å². The number of halogens is 3. The second-order valence-electron chi connectivity index (χ2n) is 11.7. The van der Waals surface area contributed by atoms with Gasteiger partial charge in [-0.15, -0.1) is 0 Å². The van der Waals surface area contributed by atoms with Crippen molar-refractivity contribution < 1.29 is 23.1 Å². The van der Waals surface area contributed by atoms with Gasteiger partial charge in [0.2, 0.25) is 5.88 Å². The van der Waals surface area contributed by atoms with Crippen LogP contribution in [0.4, 0.5) is 13.2 Å². The maximum absolute atomic E-state index is 14.0. The zero-order valence-electron chi connectivity index (χ0n) is 23.1. The molecule has 9 nitrogen and oxygen atoms in total. The maximum atomic E-state index is 14.0. The van der Waals surface area contributed by atoms with Gasteiger partial charge in [-0.1, -0.05) is 51.1 Å². The molecule has 0 aliphatic carbocycles. The average molecular weight is 577 g/mol. The van der Waals surface area contributed by atoms with Crippen molar-refractivity contribution in [3.8, 4) is 17.6 Å². The molecule has 4 heterocycles. The highest BCUT2D eigenvalue weighted by Crippen LogP contribution is 2.49. The van der Waals surface area contributed by atoms with Crippen molar-refractivity contribution in [2.24, 2.45) is 0 Å². The number of fused-ring (bicyclic) bond motifs is 5. The number of benzene rings is 2. The molecule has 2 aromatic heterocycles. The fraction of sp³-hybridized carbons (Fsp3) is 0.333. The highest BCUT2D eigenvalue weighted by Gasteiger charge is 2.50. The number of hydrogen-bond donors (Lipinski definition) is 1. The number of alkyl halides is 3. The smallest absolute Gasteiger partial charge is 0.417 e. The summed E-state index contributed by atoms with van der Waals surface area (Å²) in [5.41, 5.74) is -0.819. The number of aromatic hydroxyl groups is 1. The van der Waals surface area contributed by atoms with Crippen LogP contribution in [0.2, 0.25) is 0 Å². The highest BCUT2D eigenvalue weighted by atomic mass is 19.4. The first-order chi connectivity index (χ1) is 19.8. The van der Waals surface area contributed by atoms with Crippen LogP contribution in [-0.2, 0) is 18.1 Å². The van der Waals surface area contributed by atoms with Gasteiger partial charge >= 0.3 is 11.9 Å². The molecular weight excluding hydrogens is 549 g/mol. The summed E-state index contributed by atoms with van der Waals surface area (Å²) >= 11 is 0. The Morgan fingerprint density at radius 1 is 1.12 bits per heavy atom. The minimum atomic E-state index is -4.83. The molecule has 4 aromatic rings. The van der Waals surface area contributed by atoms with E-state index in [1.807, 2.05) is 51.1 Å². The van der Waals surface area contributed by atoms with E-state index < -0.39 is 41.0 Å². The first kappa shape index (κ1) is 27.4. The minimum absolute atomic E-state index is 0.174. The average Bonchev–Trinajstić information content (AvgIpc) is 3.70. The standard InChI is InChI=1S/C30H27F3N6O3/c1-29(2,3)24-13-23(37(35-24)15-17-7-5-4-6-8-17)26(40)36-16-20-12-22(36)25-27(41)39(28(42)38(20)25)19-10-9-18(14-34)21(11-19)30(31,32)33/h4-11,13,20,22,41H,12,15-16H2,1-3H3. The first-order valence-electron chi connectivity index (χ1n) is 13.4. The Hall–Kier alpha value is -4.79. The lowest BCUT2D eigenvalue weighted by atomic mass is 9.92. The van der Waals surface area contributed by atoms with Gasteiger partial charge in [0.15, 0.2) is 0 Å². The van der Waals surface area contributed by atoms with Crippen LogP contribution in [0.25, 0.3) is 5.69 Å². The molecule has 2 unspecified atom stereocenters. The largest absolute Gasteiger partial charge is 0.493 e. The molecule has 0 radical (unpaired) electrons. The van der Waals surface area contributed by atoms with Crippen LogP contribution in [0.15, 0.2) is 59.4 Å². The highest BCUT2D eigenvalue weighted by molar-refractivity contribution is 5.93. The van der Waals surface area contributed by atoms with Gasteiger partial charge in [-0.05, 0) is 36.2 Å². The van der Waals surface area contributed by atoms with Crippen molar-refractivity contribution in [3.63, 3.8) is 0 Å². The van der Waals surface area contributed by atoms with Crippen LogP contribution < -0.4 is 5.69 Å². The Kier molecular flexibility index (Phi) is 6.11. The minimum Gasteiger partial charge on any atom is -0.493 e. The summed E-state index contributed by atoms with van der Waals surface area (Å²) in [7, 11) is 0. The molecule has 1 N–H and O–H groups in total. The van der Waals surface area contributed by atoms with Crippen LogP contribution in [0, 0.1) is 11.3 Å². The SMILES string of the molecule is CC(C)(C)c1cc(C(=O)N2CC3CC2c2c(O)n(-c4ccc(C#N)c(C(F)(F)F)c4)c(=O)n23)n(Cc2ccccc2)n1. The summed E-state index contributed by atoms with van der Waals surface area (Å²) in [4.78, 5) is 29.0. The number of aromatic nitrogens is 4. The molecule has 1 amide bonds. The lowest BCUT2D eigenvalue weighted by molar-refractivity contribution is -0.137. The molecule has 0 saturated carbocycles. The quantitative estimate of drug-likeness (QED) is 0.371. The lowest BCUT2D eigenvalue weighted by Gasteiger charge is -2.27. The van der Waals surface area contributed by atoms with Crippen molar-refractivity contribution in [1.82, 2.24) is 23.8 Å². The molecule has 0 spiro atoms. The number of likely N-dealkylation sites (tertiary alicyclic amines) is 1. The van der Waals surface area contributed by atoms with Gasteiger partial charge in [0, 0.05) is 12.0 Å². The monoisotopic (exact) mass is 576 g/mol. The van der Waals surface area contributed by atoms with Crippen molar-refractivity contribution in [3.05, 3.63) is 98.9 Å². The molecule has 1 saturated heterocycles. The second kappa shape index (κ2) is 9.37. The maximum Gasteiger partial charge on any atom is 0.417 e. The number of nitriles is 1. The number of carbonyl (C=O) groups excluding carboxylic acids is 1. The third-order valence-electron chi connectivity index (χ3n) is 7.95. The molecule has 6 rings (SSSR count). The predicted molar refractivity (Wildman–Crippen MR) is 145 cm³/mol. The van der Waals surface area contributed by atoms with Crippen LogP contribution >= 0.6 is 0 Å². The Morgan fingerprint density at radius 2 is 1.83 bits per heavy atom. The number of imidazole rings is 1. The van der Waals surface area contributed by atoms with E-state index in [1.54, 1.807) is 15.6 Å². The van der Waals surface area contributed by atoms with Gasteiger partial charge in [-0.3, -0.25) is 14.0 Å². The third-order valence-corrected chi connectivity index (χ3v) is 7.95. The topological polar surface area (TPSA) is 109 Å². The van der Waals surface area contributed by atoms with E-state index in [0.717, 1.165) is 21.9 Å². The zero-order chi connectivity index (χ0) is 30.1. The summed E-state index contributed by atoms with van der Waals surface area (Å²) < 4.78 is 44.7. The molecule has 1 fully saturated rings. The van der Waals surface area contributed by atoms with E-state index >= 15 is 0 Å². The van der Waals surface area contributed by atoms with Gasteiger partial charge < -0.3 is 10.0 Å². The van der Waals surface area contributed by atoms with E-state index in [0.29, 0.717) is 24.7 Å². The van der Waals surface area contributed by atoms with E-state index in [-0.39, 0.29) is 29.2 Å². The molecule has 2 aliphatic heterocycles. The van der Waals surface area contributed by atoms with E-state index in [4.69, 9.17) is 10.4 Å². The summed E-state index contributed by atoms with van der Waals surface area (Å²) in [5.74, 6) is -0.846. The van der Waals surface area contributed by atoms with Crippen molar-refractivity contribution in [2.75, 3.05) is 6.54 Å². The summed E-state index contributed by atoms with van der Waals surface area (Å²) in [6.45, 7) is 6.57. The van der Waals surface area contributed by atoms with Gasteiger partial charge in [-0.25, -0.2) is 9.36 Å². The van der Waals surface area contributed by atoms with E-state index in [9.17, 15) is 27.9 Å². The number of carbonyl (C=O) groups is 1. The molecule has 2 aliphatic rings. The number of nitrogens with zero attached hydrogens (tertiary/aromatic N) is 6. The fourth-order valence-corrected chi connectivity index (χ4v) is 5.89. The van der Waals surface area contributed by atoms with E-state index in [2.05, 4.69) is 0 Å². The van der Waals surface area contributed by atoms with Crippen LogP contribution in [0.5, 0.6) is 5.88 Å². The van der Waals surface area contributed by atoms with Crippen molar-refractivity contribution in [1.29, 1.82) is 5.26 Å². The predicted octanol–water partition coefficient (Wildman–Crippen LogP) is 4.92. The Labute approximate surface area is 238 Å². The van der Waals surface area contributed by atoms with Crippen LogP contribution in [0.1, 0.15) is 77.8 Å². The second-order valence-corrected chi connectivity index (χ2v) is 11.7.